The lowest BCUT2D eigenvalue weighted by Crippen LogP contribution is -1.97. The van der Waals surface area contributed by atoms with E-state index in [-0.39, 0.29) is 12.2 Å². The molecule has 0 unspecified atom stereocenters. The predicted octanol–water partition coefficient (Wildman–Crippen LogP) is 1.93. The Morgan fingerprint density at radius 2 is 2.25 bits per heavy atom. The molecule has 0 radical (unpaired) electrons. The largest absolute Gasteiger partial charge is 0.496 e. The van der Waals surface area contributed by atoms with Crippen molar-refractivity contribution in [1.82, 2.24) is 0 Å². The summed E-state index contributed by atoms with van der Waals surface area (Å²) in [6, 6.07) is 3.24. The molecule has 0 fully saturated rings. The van der Waals surface area contributed by atoms with Crippen molar-refractivity contribution >= 4 is 22.6 Å². The minimum Gasteiger partial charge on any atom is -0.496 e. The van der Waals surface area contributed by atoms with Crippen molar-refractivity contribution < 1.29 is 14.2 Å². The second-order valence-electron chi connectivity index (χ2n) is 2.20. The van der Waals surface area contributed by atoms with Crippen molar-refractivity contribution in [3.63, 3.8) is 0 Å². The fourth-order valence-electron chi connectivity index (χ4n) is 0.913. The first kappa shape index (κ1) is 9.73. The number of halogens is 2. The molecule has 0 aromatic heterocycles. The van der Waals surface area contributed by atoms with Crippen LogP contribution in [0.15, 0.2) is 12.1 Å². The minimum absolute atomic E-state index is 0.212. The summed E-state index contributed by atoms with van der Waals surface area (Å²) >= 11 is 1.86. The number of benzene rings is 1. The summed E-state index contributed by atoms with van der Waals surface area (Å²) in [5.41, 5.74) is 0.212. The number of aliphatic hydroxyl groups excluding tert-OH is 1. The molecule has 0 aliphatic carbocycles. The van der Waals surface area contributed by atoms with Crippen LogP contribution in [0.2, 0.25) is 0 Å². The zero-order valence-corrected chi connectivity index (χ0v) is 8.63. The fraction of sp³-hybridized carbons (Fsp3) is 0.250. The van der Waals surface area contributed by atoms with E-state index < -0.39 is 5.82 Å². The Bertz CT molecular complexity index is 289. The van der Waals surface area contributed by atoms with Gasteiger partial charge in [-0.1, -0.05) is 0 Å². The zero-order chi connectivity index (χ0) is 9.14. The molecule has 0 saturated carbocycles. The van der Waals surface area contributed by atoms with Gasteiger partial charge in [0.25, 0.3) is 0 Å². The Morgan fingerprint density at radius 1 is 1.58 bits per heavy atom. The maximum absolute atomic E-state index is 13.2. The molecule has 0 amide bonds. The van der Waals surface area contributed by atoms with Crippen LogP contribution in [-0.4, -0.2) is 12.2 Å². The Balaban J connectivity index is 3.25. The van der Waals surface area contributed by atoms with E-state index >= 15 is 0 Å². The quantitative estimate of drug-likeness (QED) is 0.840. The van der Waals surface area contributed by atoms with E-state index in [2.05, 4.69) is 0 Å². The Hall–Kier alpha value is -0.360. The molecule has 1 aromatic rings. The van der Waals surface area contributed by atoms with Crippen LogP contribution in [0.3, 0.4) is 0 Å². The van der Waals surface area contributed by atoms with Crippen LogP contribution in [0, 0.1) is 9.39 Å². The van der Waals surface area contributed by atoms with Crippen LogP contribution in [0.4, 0.5) is 4.39 Å². The number of hydrogen-bond acceptors (Lipinski definition) is 2. The van der Waals surface area contributed by atoms with Gasteiger partial charge in [-0.15, -0.1) is 0 Å². The molecule has 0 aliphatic rings. The number of methoxy groups -OCH3 is 1. The first-order valence-electron chi connectivity index (χ1n) is 3.32. The molecular weight excluding hydrogens is 274 g/mol. The average Bonchev–Trinajstić information content (AvgIpc) is 2.09. The van der Waals surface area contributed by atoms with Crippen LogP contribution >= 0.6 is 22.6 Å². The number of hydrogen-bond donors (Lipinski definition) is 1. The Kier molecular flexibility index (Phi) is 3.28. The second-order valence-corrected chi connectivity index (χ2v) is 3.36. The molecule has 0 aliphatic heterocycles. The van der Waals surface area contributed by atoms with Crippen LogP contribution in [-0.2, 0) is 6.61 Å². The molecule has 0 atom stereocenters. The van der Waals surface area contributed by atoms with Crippen molar-refractivity contribution in [2.75, 3.05) is 7.11 Å². The van der Waals surface area contributed by atoms with Crippen LogP contribution in [0.5, 0.6) is 5.75 Å². The smallest absolute Gasteiger partial charge is 0.145 e. The molecule has 1 aromatic carbocycles. The first-order valence-corrected chi connectivity index (χ1v) is 4.40. The topological polar surface area (TPSA) is 29.5 Å². The highest BCUT2D eigenvalue weighted by atomic mass is 127. The summed E-state index contributed by atoms with van der Waals surface area (Å²) in [5.74, 6) is -0.0205. The molecule has 66 valence electrons. The van der Waals surface area contributed by atoms with E-state index in [1.807, 2.05) is 22.6 Å². The van der Waals surface area contributed by atoms with Gasteiger partial charge in [0.15, 0.2) is 0 Å². The van der Waals surface area contributed by atoms with E-state index in [1.54, 1.807) is 12.1 Å². The number of ether oxygens (including phenoxy) is 1. The minimum atomic E-state index is -0.405. The maximum Gasteiger partial charge on any atom is 0.145 e. The molecule has 2 nitrogen and oxygen atoms in total. The summed E-state index contributed by atoms with van der Waals surface area (Å²) in [5, 5.41) is 8.83. The molecular formula is C8H8FIO2. The second kappa shape index (κ2) is 4.04. The van der Waals surface area contributed by atoms with E-state index in [4.69, 9.17) is 9.84 Å². The van der Waals surface area contributed by atoms with Gasteiger partial charge in [-0.2, -0.15) is 0 Å². The summed E-state index contributed by atoms with van der Waals surface area (Å²) in [6.07, 6.45) is 0. The normalized spacial score (nSPS) is 10.0. The highest BCUT2D eigenvalue weighted by Gasteiger charge is 2.10. The van der Waals surface area contributed by atoms with Gasteiger partial charge in [-0.3, -0.25) is 0 Å². The molecule has 0 bridgehead atoms. The molecule has 0 saturated heterocycles. The van der Waals surface area contributed by atoms with E-state index in [9.17, 15) is 4.39 Å². The first-order chi connectivity index (χ1) is 5.70. The van der Waals surface area contributed by atoms with Gasteiger partial charge in [0, 0.05) is 3.57 Å². The third-order valence-corrected chi connectivity index (χ3v) is 2.36. The van der Waals surface area contributed by atoms with Crippen LogP contribution < -0.4 is 4.74 Å². The van der Waals surface area contributed by atoms with Gasteiger partial charge < -0.3 is 9.84 Å². The summed E-state index contributed by atoms with van der Waals surface area (Å²) in [6.45, 7) is -0.341. The maximum atomic E-state index is 13.2. The van der Waals surface area contributed by atoms with Gasteiger partial charge >= 0.3 is 0 Å². The fourth-order valence-corrected chi connectivity index (χ4v) is 1.42. The van der Waals surface area contributed by atoms with Crippen molar-refractivity contribution in [2.24, 2.45) is 0 Å². The standard InChI is InChI=1S/C8H8FIO2/c1-12-7-3-2-6(10)8(9)5(7)4-11/h2-3,11H,4H2,1H3. The van der Waals surface area contributed by atoms with Crippen molar-refractivity contribution in [3.8, 4) is 5.75 Å². The Morgan fingerprint density at radius 3 is 2.75 bits per heavy atom. The highest BCUT2D eigenvalue weighted by molar-refractivity contribution is 14.1. The van der Waals surface area contributed by atoms with Crippen molar-refractivity contribution in [3.05, 3.63) is 27.1 Å². The lowest BCUT2D eigenvalue weighted by atomic mass is 10.2. The average molecular weight is 282 g/mol. The van der Waals surface area contributed by atoms with E-state index in [1.165, 1.54) is 7.11 Å². The third kappa shape index (κ3) is 1.69. The molecule has 1 N–H and O–H groups in total. The molecule has 0 spiro atoms. The predicted molar refractivity (Wildman–Crippen MR) is 51.6 cm³/mol. The lowest BCUT2D eigenvalue weighted by Gasteiger charge is -2.07. The van der Waals surface area contributed by atoms with E-state index in [0.717, 1.165) is 0 Å². The van der Waals surface area contributed by atoms with Crippen molar-refractivity contribution in [1.29, 1.82) is 0 Å². The Labute approximate surface area is 83.5 Å². The van der Waals surface area contributed by atoms with E-state index in [0.29, 0.717) is 9.32 Å². The van der Waals surface area contributed by atoms with Crippen LogP contribution in [0.1, 0.15) is 5.56 Å². The highest BCUT2D eigenvalue weighted by Crippen LogP contribution is 2.24. The van der Waals surface area contributed by atoms with Crippen molar-refractivity contribution in [2.45, 2.75) is 6.61 Å². The number of rotatable bonds is 2. The van der Waals surface area contributed by atoms with Gasteiger partial charge in [-0.25, -0.2) is 4.39 Å². The number of aliphatic hydroxyl groups is 1. The SMILES string of the molecule is COc1ccc(I)c(F)c1CO. The molecule has 0 heterocycles. The zero-order valence-electron chi connectivity index (χ0n) is 6.47. The summed E-state index contributed by atoms with van der Waals surface area (Å²) in [7, 11) is 1.45. The summed E-state index contributed by atoms with van der Waals surface area (Å²) < 4.78 is 18.6. The third-order valence-electron chi connectivity index (χ3n) is 1.53. The molecule has 1 rings (SSSR count). The molecule has 12 heavy (non-hydrogen) atoms. The molecule has 4 heteroatoms. The van der Waals surface area contributed by atoms with Crippen LogP contribution in [0.25, 0.3) is 0 Å². The monoisotopic (exact) mass is 282 g/mol. The van der Waals surface area contributed by atoms with Gasteiger partial charge in [0.05, 0.1) is 19.3 Å². The van der Waals surface area contributed by atoms with Gasteiger partial charge in [0.1, 0.15) is 11.6 Å². The van der Waals surface area contributed by atoms with Gasteiger partial charge in [-0.05, 0) is 34.7 Å². The van der Waals surface area contributed by atoms with Gasteiger partial charge in [0.2, 0.25) is 0 Å². The lowest BCUT2D eigenvalue weighted by molar-refractivity contribution is 0.266. The summed E-state index contributed by atoms with van der Waals surface area (Å²) in [4.78, 5) is 0.